The van der Waals surface area contributed by atoms with Crippen LogP contribution in [0.5, 0.6) is 0 Å². The van der Waals surface area contributed by atoms with Crippen LogP contribution in [0.4, 0.5) is 0 Å². The molecule has 1 heteroatoms. The monoisotopic (exact) mass is 138 g/mol. The summed E-state index contributed by atoms with van der Waals surface area (Å²) in [7, 11) is 0. The van der Waals surface area contributed by atoms with E-state index < -0.39 is 0 Å². The van der Waals surface area contributed by atoms with Gasteiger partial charge >= 0.3 is 0 Å². The third-order valence-corrected chi connectivity index (χ3v) is 3.30. The van der Waals surface area contributed by atoms with Gasteiger partial charge in [-0.25, -0.2) is 0 Å². The van der Waals surface area contributed by atoms with E-state index in [0.717, 1.165) is 18.8 Å². The van der Waals surface area contributed by atoms with Gasteiger partial charge in [-0.1, -0.05) is 20.8 Å². The highest BCUT2D eigenvalue weighted by Crippen LogP contribution is 2.66. The Bertz CT molecular complexity index is 198. The lowest BCUT2D eigenvalue weighted by atomic mass is 9.84. The normalized spacial score (nSPS) is 49.1. The first-order chi connectivity index (χ1) is 4.47. The van der Waals surface area contributed by atoms with Gasteiger partial charge in [-0.3, -0.25) is 4.79 Å². The molecule has 0 saturated heterocycles. The van der Waals surface area contributed by atoms with Gasteiger partial charge in [0.25, 0.3) is 0 Å². The van der Waals surface area contributed by atoms with Crippen LogP contribution in [-0.2, 0) is 4.79 Å². The average Bonchev–Trinajstić information content (AvgIpc) is 2.36. The molecule has 0 aromatic carbocycles. The van der Waals surface area contributed by atoms with E-state index in [-0.39, 0.29) is 10.8 Å². The van der Waals surface area contributed by atoms with E-state index >= 15 is 0 Å². The fourth-order valence-corrected chi connectivity index (χ4v) is 2.51. The Morgan fingerprint density at radius 3 is 2.10 bits per heavy atom. The smallest absolute Gasteiger partial charge is 0.144 e. The summed E-state index contributed by atoms with van der Waals surface area (Å²) >= 11 is 0. The van der Waals surface area contributed by atoms with Crippen LogP contribution in [0.1, 0.15) is 33.6 Å². The molecule has 0 aromatic heterocycles. The summed E-state index contributed by atoms with van der Waals surface area (Å²) in [5.41, 5.74) is 0.112. The second-order valence-electron chi connectivity index (χ2n) is 4.74. The molecule has 2 atom stereocenters. The standard InChI is InChI=1S/C9H14O/c1-8(2)4-6-5-9(6,3)7(8)10/h6H,4-5H2,1-3H3. The minimum Gasteiger partial charge on any atom is -0.298 e. The van der Waals surface area contributed by atoms with Crippen molar-refractivity contribution < 1.29 is 4.79 Å². The maximum absolute atomic E-state index is 11.6. The van der Waals surface area contributed by atoms with E-state index in [0.29, 0.717) is 5.78 Å². The number of rotatable bonds is 0. The Hall–Kier alpha value is -0.330. The molecule has 2 unspecified atom stereocenters. The quantitative estimate of drug-likeness (QED) is 0.500. The molecule has 0 aliphatic heterocycles. The van der Waals surface area contributed by atoms with Crippen molar-refractivity contribution in [2.45, 2.75) is 33.6 Å². The van der Waals surface area contributed by atoms with Gasteiger partial charge in [-0.15, -0.1) is 0 Å². The highest BCUT2D eigenvalue weighted by Gasteiger charge is 2.65. The van der Waals surface area contributed by atoms with Gasteiger partial charge in [0.15, 0.2) is 0 Å². The Labute approximate surface area is 61.8 Å². The van der Waals surface area contributed by atoms with Crippen LogP contribution >= 0.6 is 0 Å². The predicted octanol–water partition coefficient (Wildman–Crippen LogP) is 2.01. The summed E-state index contributed by atoms with van der Waals surface area (Å²) in [5.74, 6) is 1.24. The number of hydrogen-bond acceptors (Lipinski definition) is 1. The van der Waals surface area contributed by atoms with E-state index in [1.54, 1.807) is 0 Å². The van der Waals surface area contributed by atoms with E-state index in [1.807, 2.05) is 0 Å². The lowest BCUT2D eigenvalue weighted by Crippen LogP contribution is -2.24. The highest BCUT2D eigenvalue weighted by molar-refractivity contribution is 5.95. The molecule has 0 heterocycles. The van der Waals surface area contributed by atoms with Gasteiger partial charge in [-0.2, -0.15) is 0 Å². The molecule has 0 spiro atoms. The van der Waals surface area contributed by atoms with Crippen molar-refractivity contribution in [2.75, 3.05) is 0 Å². The van der Waals surface area contributed by atoms with E-state index in [2.05, 4.69) is 20.8 Å². The molecule has 2 aliphatic rings. The van der Waals surface area contributed by atoms with Crippen LogP contribution in [0, 0.1) is 16.7 Å². The number of fused-ring (bicyclic) bond motifs is 1. The molecule has 1 nitrogen and oxygen atoms in total. The van der Waals surface area contributed by atoms with Gasteiger partial charge in [0, 0.05) is 10.8 Å². The maximum Gasteiger partial charge on any atom is 0.144 e. The summed E-state index contributed by atoms with van der Waals surface area (Å²) in [5, 5.41) is 0. The van der Waals surface area contributed by atoms with Gasteiger partial charge in [0.05, 0.1) is 0 Å². The molecular formula is C9H14O. The summed E-state index contributed by atoms with van der Waals surface area (Å²) < 4.78 is 0. The first kappa shape index (κ1) is 6.38. The number of ketones is 1. The Morgan fingerprint density at radius 1 is 1.30 bits per heavy atom. The molecule has 0 aromatic rings. The summed E-state index contributed by atoms with van der Waals surface area (Å²) in [6, 6.07) is 0. The van der Waals surface area contributed by atoms with Crippen LogP contribution < -0.4 is 0 Å². The van der Waals surface area contributed by atoms with E-state index in [9.17, 15) is 4.79 Å². The van der Waals surface area contributed by atoms with Gasteiger partial charge in [-0.05, 0) is 18.8 Å². The average molecular weight is 138 g/mol. The molecular weight excluding hydrogens is 124 g/mol. The summed E-state index contributed by atoms with van der Waals surface area (Å²) in [6.07, 6.45) is 2.29. The molecule has 0 radical (unpaired) electrons. The zero-order valence-corrected chi connectivity index (χ0v) is 6.90. The van der Waals surface area contributed by atoms with Gasteiger partial charge in [0.1, 0.15) is 5.78 Å². The topological polar surface area (TPSA) is 17.1 Å². The lowest BCUT2D eigenvalue weighted by Gasteiger charge is -2.18. The van der Waals surface area contributed by atoms with Crippen molar-refractivity contribution in [3.63, 3.8) is 0 Å². The first-order valence-electron chi connectivity index (χ1n) is 4.02. The van der Waals surface area contributed by atoms with Crippen LogP contribution in [0.2, 0.25) is 0 Å². The molecule has 2 aliphatic carbocycles. The molecule has 0 bridgehead atoms. The Kier molecular flexibility index (Phi) is 0.842. The SMILES string of the molecule is CC1(C)CC2CC2(C)C1=O. The minimum absolute atomic E-state index is 0.00231. The molecule has 0 N–H and O–H groups in total. The van der Waals surface area contributed by atoms with Crippen molar-refractivity contribution in [3.8, 4) is 0 Å². The predicted molar refractivity (Wildman–Crippen MR) is 39.6 cm³/mol. The number of Topliss-reactive ketones (excluding diaryl/α,β-unsaturated/α-hetero) is 1. The van der Waals surface area contributed by atoms with Crippen molar-refractivity contribution >= 4 is 5.78 Å². The van der Waals surface area contributed by atoms with E-state index in [4.69, 9.17) is 0 Å². The second kappa shape index (κ2) is 1.32. The molecule has 10 heavy (non-hydrogen) atoms. The summed E-state index contributed by atoms with van der Waals surface area (Å²) in [4.78, 5) is 11.6. The zero-order chi connectivity index (χ0) is 7.57. The highest BCUT2D eigenvalue weighted by atomic mass is 16.1. The number of carbonyl (C=O) groups is 1. The lowest BCUT2D eigenvalue weighted by molar-refractivity contribution is -0.129. The van der Waals surface area contributed by atoms with Crippen molar-refractivity contribution in [1.29, 1.82) is 0 Å². The number of hydrogen-bond donors (Lipinski definition) is 0. The van der Waals surface area contributed by atoms with Crippen LogP contribution in [0.3, 0.4) is 0 Å². The second-order valence-corrected chi connectivity index (χ2v) is 4.74. The Balaban J connectivity index is 2.33. The third-order valence-electron chi connectivity index (χ3n) is 3.30. The van der Waals surface area contributed by atoms with Crippen LogP contribution in [0.25, 0.3) is 0 Å². The first-order valence-corrected chi connectivity index (χ1v) is 4.02. The molecule has 56 valence electrons. The van der Waals surface area contributed by atoms with Crippen LogP contribution in [0.15, 0.2) is 0 Å². The fourth-order valence-electron chi connectivity index (χ4n) is 2.51. The number of carbonyl (C=O) groups excluding carboxylic acids is 1. The Morgan fingerprint density at radius 2 is 1.90 bits per heavy atom. The van der Waals surface area contributed by atoms with Crippen molar-refractivity contribution in [3.05, 3.63) is 0 Å². The van der Waals surface area contributed by atoms with Crippen LogP contribution in [-0.4, -0.2) is 5.78 Å². The molecule has 2 rings (SSSR count). The van der Waals surface area contributed by atoms with Crippen molar-refractivity contribution in [1.82, 2.24) is 0 Å². The molecule has 2 fully saturated rings. The van der Waals surface area contributed by atoms with Crippen molar-refractivity contribution in [2.24, 2.45) is 16.7 Å². The summed E-state index contributed by atoms with van der Waals surface area (Å²) in [6.45, 7) is 6.27. The minimum atomic E-state index is -0.00231. The molecule has 0 amide bonds. The van der Waals surface area contributed by atoms with Gasteiger partial charge in [0.2, 0.25) is 0 Å². The zero-order valence-electron chi connectivity index (χ0n) is 6.90. The largest absolute Gasteiger partial charge is 0.298 e. The molecule has 2 saturated carbocycles. The fraction of sp³-hybridized carbons (Fsp3) is 0.889. The third kappa shape index (κ3) is 0.518. The maximum atomic E-state index is 11.6. The van der Waals surface area contributed by atoms with E-state index in [1.165, 1.54) is 0 Å². The van der Waals surface area contributed by atoms with Gasteiger partial charge < -0.3 is 0 Å².